The SMILES string of the molecule is CCCCCCCC(=O)c1cccnc1CNC(=O)[C@@H](N)[C@@H](C)CC. The molecule has 0 aromatic carbocycles. The van der Waals surface area contributed by atoms with E-state index in [0.29, 0.717) is 17.7 Å². The Kier molecular flexibility index (Phi) is 10.0. The zero-order chi connectivity index (χ0) is 18.7. The molecule has 1 heterocycles. The number of nitrogens with two attached hydrogens (primary N) is 1. The maximum absolute atomic E-state index is 12.5. The highest BCUT2D eigenvalue weighted by Gasteiger charge is 2.20. The van der Waals surface area contributed by atoms with Crippen molar-refractivity contribution < 1.29 is 9.59 Å². The van der Waals surface area contributed by atoms with Gasteiger partial charge in [-0.15, -0.1) is 0 Å². The number of amides is 1. The second kappa shape index (κ2) is 11.7. The fourth-order valence-electron chi connectivity index (χ4n) is 2.66. The van der Waals surface area contributed by atoms with Gasteiger partial charge in [0.1, 0.15) is 0 Å². The lowest BCUT2D eigenvalue weighted by Gasteiger charge is -2.18. The van der Waals surface area contributed by atoms with Gasteiger partial charge >= 0.3 is 0 Å². The molecule has 1 rings (SSSR count). The molecule has 0 radical (unpaired) electrons. The van der Waals surface area contributed by atoms with Crippen molar-refractivity contribution in [2.75, 3.05) is 0 Å². The van der Waals surface area contributed by atoms with Gasteiger partial charge in [0, 0.05) is 18.2 Å². The van der Waals surface area contributed by atoms with Crippen molar-refractivity contribution in [3.05, 3.63) is 29.6 Å². The Bertz CT molecular complexity index is 545. The molecule has 0 fully saturated rings. The zero-order valence-electron chi connectivity index (χ0n) is 15.9. The molecule has 3 N–H and O–H groups in total. The molecule has 0 spiro atoms. The normalized spacial score (nSPS) is 13.3. The molecule has 0 unspecified atom stereocenters. The van der Waals surface area contributed by atoms with Crippen LogP contribution in [0, 0.1) is 5.92 Å². The number of unbranched alkanes of at least 4 members (excludes halogenated alkanes) is 4. The number of carbonyl (C=O) groups is 2. The third kappa shape index (κ3) is 7.34. The highest BCUT2D eigenvalue weighted by atomic mass is 16.2. The van der Waals surface area contributed by atoms with Crippen molar-refractivity contribution in [2.45, 2.75) is 78.3 Å². The van der Waals surface area contributed by atoms with Crippen LogP contribution >= 0.6 is 0 Å². The highest BCUT2D eigenvalue weighted by Crippen LogP contribution is 2.13. The summed E-state index contributed by atoms with van der Waals surface area (Å²) in [6.07, 6.45) is 8.59. The van der Waals surface area contributed by atoms with Crippen LogP contribution in [0.3, 0.4) is 0 Å². The maximum Gasteiger partial charge on any atom is 0.237 e. The summed E-state index contributed by atoms with van der Waals surface area (Å²) >= 11 is 0. The van der Waals surface area contributed by atoms with Crippen molar-refractivity contribution >= 4 is 11.7 Å². The van der Waals surface area contributed by atoms with Crippen LogP contribution in [0.1, 0.15) is 81.8 Å². The van der Waals surface area contributed by atoms with Crippen LogP contribution in [0.25, 0.3) is 0 Å². The molecular formula is C20H33N3O2. The van der Waals surface area contributed by atoms with E-state index in [0.717, 1.165) is 19.3 Å². The van der Waals surface area contributed by atoms with Crippen LogP contribution in [-0.2, 0) is 11.3 Å². The van der Waals surface area contributed by atoms with Crippen molar-refractivity contribution in [1.29, 1.82) is 0 Å². The largest absolute Gasteiger partial charge is 0.349 e. The van der Waals surface area contributed by atoms with Crippen molar-refractivity contribution in [1.82, 2.24) is 10.3 Å². The Balaban J connectivity index is 2.58. The van der Waals surface area contributed by atoms with Gasteiger partial charge in [0.25, 0.3) is 0 Å². The number of pyridine rings is 1. The van der Waals surface area contributed by atoms with E-state index in [9.17, 15) is 9.59 Å². The predicted molar refractivity (Wildman–Crippen MR) is 101 cm³/mol. The molecule has 0 bridgehead atoms. The third-order valence-corrected chi connectivity index (χ3v) is 4.69. The van der Waals surface area contributed by atoms with Crippen LogP contribution in [0.15, 0.2) is 18.3 Å². The molecular weight excluding hydrogens is 314 g/mol. The quantitative estimate of drug-likeness (QED) is 0.447. The second-order valence-corrected chi connectivity index (χ2v) is 6.71. The number of nitrogens with zero attached hydrogens (tertiary/aromatic N) is 1. The summed E-state index contributed by atoms with van der Waals surface area (Å²) in [5.74, 6) is 0.0194. The number of hydrogen-bond acceptors (Lipinski definition) is 4. The number of aromatic nitrogens is 1. The Morgan fingerprint density at radius 1 is 1.20 bits per heavy atom. The number of hydrogen-bond donors (Lipinski definition) is 2. The molecule has 2 atom stereocenters. The summed E-state index contributed by atoms with van der Waals surface area (Å²) in [5, 5.41) is 2.81. The van der Waals surface area contributed by atoms with E-state index in [2.05, 4.69) is 17.2 Å². The first-order valence-corrected chi connectivity index (χ1v) is 9.51. The first kappa shape index (κ1) is 21.3. The Morgan fingerprint density at radius 3 is 2.60 bits per heavy atom. The van der Waals surface area contributed by atoms with E-state index in [4.69, 9.17) is 5.73 Å². The Morgan fingerprint density at radius 2 is 1.92 bits per heavy atom. The van der Waals surface area contributed by atoms with Gasteiger partial charge in [-0.3, -0.25) is 14.6 Å². The summed E-state index contributed by atoms with van der Waals surface area (Å²) in [4.78, 5) is 28.9. The number of ketones is 1. The lowest BCUT2D eigenvalue weighted by atomic mass is 9.99. The average Bonchev–Trinajstić information content (AvgIpc) is 2.64. The third-order valence-electron chi connectivity index (χ3n) is 4.69. The average molecular weight is 348 g/mol. The van der Waals surface area contributed by atoms with Crippen LogP contribution in [0.2, 0.25) is 0 Å². The smallest absolute Gasteiger partial charge is 0.237 e. The van der Waals surface area contributed by atoms with Gasteiger partial charge in [-0.25, -0.2) is 0 Å². The summed E-state index contributed by atoms with van der Waals surface area (Å²) in [6.45, 7) is 6.38. The van der Waals surface area contributed by atoms with Gasteiger partial charge < -0.3 is 11.1 Å². The lowest BCUT2D eigenvalue weighted by molar-refractivity contribution is -0.123. The molecule has 140 valence electrons. The summed E-state index contributed by atoms with van der Waals surface area (Å²) in [6, 6.07) is 3.02. The monoisotopic (exact) mass is 347 g/mol. The molecule has 1 amide bonds. The fraction of sp³-hybridized carbons (Fsp3) is 0.650. The van der Waals surface area contributed by atoms with Crippen LogP contribution in [-0.4, -0.2) is 22.7 Å². The fourth-order valence-corrected chi connectivity index (χ4v) is 2.66. The number of rotatable bonds is 12. The number of Topliss-reactive ketones (excluding diaryl/α,β-unsaturated/α-hetero) is 1. The molecule has 0 saturated carbocycles. The van der Waals surface area contributed by atoms with Crippen molar-refractivity contribution in [3.63, 3.8) is 0 Å². The van der Waals surface area contributed by atoms with E-state index in [-0.39, 0.29) is 24.2 Å². The van der Waals surface area contributed by atoms with Gasteiger partial charge in [0.2, 0.25) is 5.91 Å². The van der Waals surface area contributed by atoms with Gasteiger partial charge in [0.05, 0.1) is 18.3 Å². The van der Waals surface area contributed by atoms with Gasteiger partial charge in [-0.05, 0) is 24.5 Å². The van der Waals surface area contributed by atoms with Gasteiger partial charge in [-0.1, -0.05) is 52.9 Å². The summed E-state index contributed by atoms with van der Waals surface area (Å²) in [5.41, 5.74) is 7.16. The van der Waals surface area contributed by atoms with E-state index < -0.39 is 6.04 Å². The summed E-state index contributed by atoms with van der Waals surface area (Å²) < 4.78 is 0. The molecule has 0 aliphatic rings. The molecule has 0 aliphatic heterocycles. The Hall–Kier alpha value is -1.75. The molecule has 1 aromatic heterocycles. The first-order chi connectivity index (χ1) is 12.0. The topological polar surface area (TPSA) is 85.1 Å². The zero-order valence-corrected chi connectivity index (χ0v) is 15.9. The van der Waals surface area contributed by atoms with E-state index >= 15 is 0 Å². The molecule has 25 heavy (non-hydrogen) atoms. The number of carbonyl (C=O) groups excluding carboxylic acids is 2. The van der Waals surface area contributed by atoms with Gasteiger partial charge in [-0.2, -0.15) is 0 Å². The second-order valence-electron chi connectivity index (χ2n) is 6.71. The molecule has 5 heteroatoms. The standard InChI is InChI=1S/C20H33N3O2/c1-4-6-7-8-9-12-18(24)16-11-10-13-22-17(16)14-23-20(25)19(21)15(3)5-2/h10-11,13,15,19H,4-9,12,14,21H2,1-3H3,(H,23,25)/t15-,19-/m0/s1. The molecule has 5 nitrogen and oxygen atoms in total. The number of nitrogens with one attached hydrogen (secondary N) is 1. The first-order valence-electron chi connectivity index (χ1n) is 9.51. The Labute approximate surface area is 151 Å². The molecule has 1 aromatic rings. The minimum Gasteiger partial charge on any atom is -0.349 e. The van der Waals surface area contributed by atoms with Crippen molar-refractivity contribution in [3.8, 4) is 0 Å². The van der Waals surface area contributed by atoms with E-state index in [1.807, 2.05) is 13.8 Å². The van der Waals surface area contributed by atoms with E-state index in [1.165, 1.54) is 19.3 Å². The van der Waals surface area contributed by atoms with Gasteiger partial charge in [0.15, 0.2) is 5.78 Å². The van der Waals surface area contributed by atoms with Crippen LogP contribution in [0.5, 0.6) is 0 Å². The maximum atomic E-state index is 12.5. The highest BCUT2D eigenvalue weighted by molar-refractivity contribution is 5.97. The van der Waals surface area contributed by atoms with Crippen LogP contribution in [0.4, 0.5) is 0 Å². The minimum atomic E-state index is -0.536. The van der Waals surface area contributed by atoms with E-state index in [1.54, 1.807) is 18.3 Å². The minimum absolute atomic E-state index is 0.0973. The van der Waals surface area contributed by atoms with Crippen LogP contribution < -0.4 is 11.1 Å². The molecule has 0 saturated heterocycles. The van der Waals surface area contributed by atoms with Crippen molar-refractivity contribution in [2.24, 2.45) is 11.7 Å². The predicted octanol–water partition coefficient (Wildman–Crippen LogP) is 3.61. The molecule has 0 aliphatic carbocycles. The lowest BCUT2D eigenvalue weighted by Crippen LogP contribution is -2.44. The summed E-state index contributed by atoms with van der Waals surface area (Å²) in [7, 11) is 0.